The minimum atomic E-state index is -0.408. The van der Waals surface area contributed by atoms with E-state index < -0.39 is 5.97 Å². The van der Waals surface area contributed by atoms with Crippen molar-refractivity contribution >= 4 is 23.1 Å². The van der Waals surface area contributed by atoms with Crippen LogP contribution in [0.1, 0.15) is 84.9 Å². The molecule has 0 fully saturated rings. The maximum Gasteiger partial charge on any atom is 0.344 e. The minimum Gasteiger partial charge on any atom is -0.482 e. The second-order valence-electron chi connectivity index (χ2n) is 9.28. The zero-order valence-electron chi connectivity index (χ0n) is 22.1. The van der Waals surface area contributed by atoms with E-state index in [0.29, 0.717) is 36.7 Å². The molecule has 192 valence electrons. The van der Waals surface area contributed by atoms with Gasteiger partial charge in [-0.1, -0.05) is 51.5 Å². The van der Waals surface area contributed by atoms with Gasteiger partial charge >= 0.3 is 5.97 Å². The minimum absolute atomic E-state index is 0.0833. The molecule has 0 N–H and O–H groups in total. The smallest absolute Gasteiger partial charge is 0.344 e. The van der Waals surface area contributed by atoms with E-state index in [1.165, 1.54) is 23.3 Å². The number of Topliss-reactive ketones (excluding diaryl/α,β-unsaturated/α-hetero) is 1. The maximum absolute atomic E-state index is 13.0. The van der Waals surface area contributed by atoms with Gasteiger partial charge in [0.25, 0.3) is 0 Å². The van der Waals surface area contributed by atoms with Crippen molar-refractivity contribution in [2.24, 2.45) is 0 Å². The number of rotatable bonds is 13. The summed E-state index contributed by atoms with van der Waals surface area (Å²) < 4.78 is 10.4. The molecule has 0 radical (unpaired) electrons. The van der Waals surface area contributed by atoms with Crippen LogP contribution < -0.4 is 4.74 Å². The topological polar surface area (TPSA) is 65.5 Å². The zero-order chi connectivity index (χ0) is 26.1. The number of carbonyl (C=O) groups is 2. The molecule has 1 aromatic heterocycles. The van der Waals surface area contributed by atoms with Gasteiger partial charge in [0.2, 0.25) is 0 Å². The Morgan fingerprint density at radius 3 is 2.42 bits per heavy atom. The highest BCUT2D eigenvalue weighted by atomic mass is 32.1. The summed E-state index contributed by atoms with van der Waals surface area (Å²) in [5.74, 6) is 0.547. The number of aryl methyl sites for hydroxylation is 3. The van der Waals surface area contributed by atoms with E-state index >= 15 is 0 Å². The number of ether oxygens (including phenoxy) is 2. The Hall–Kier alpha value is -2.99. The molecule has 0 amide bonds. The Bertz CT molecular complexity index is 1160. The van der Waals surface area contributed by atoms with Gasteiger partial charge in [-0.05, 0) is 68.4 Å². The molecular formula is C30H37NO4S. The number of esters is 1. The molecule has 0 aliphatic heterocycles. The lowest BCUT2D eigenvalue weighted by molar-refractivity contribution is -0.145. The summed E-state index contributed by atoms with van der Waals surface area (Å²) in [6, 6.07) is 14.1. The lowest BCUT2D eigenvalue weighted by Crippen LogP contribution is -2.15. The van der Waals surface area contributed by atoms with Crippen LogP contribution in [0.4, 0.5) is 0 Å². The second kappa shape index (κ2) is 13.4. The molecule has 36 heavy (non-hydrogen) atoms. The summed E-state index contributed by atoms with van der Waals surface area (Å²) in [7, 11) is 0. The van der Waals surface area contributed by atoms with Gasteiger partial charge in [-0.3, -0.25) is 4.79 Å². The standard InChI is InChI=1S/C30H37NO4S/c1-6-8-9-22-10-12-23(13-11-22)30-31-29(20(3)4)27(36-30)17-15-25(32)24-14-16-26(21(5)18-24)35-19-28(33)34-7-2/h10-14,16,18,20H,6-9,15,17,19H2,1-5H3. The Morgan fingerprint density at radius 1 is 1.03 bits per heavy atom. The van der Waals surface area contributed by atoms with Crippen LogP contribution in [0.25, 0.3) is 10.6 Å². The van der Waals surface area contributed by atoms with Gasteiger partial charge in [0.15, 0.2) is 12.4 Å². The first-order chi connectivity index (χ1) is 17.3. The van der Waals surface area contributed by atoms with Gasteiger partial charge in [0, 0.05) is 22.4 Å². The van der Waals surface area contributed by atoms with E-state index in [2.05, 4.69) is 45.0 Å². The van der Waals surface area contributed by atoms with Crippen LogP contribution in [0.3, 0.4) is 0 Å². The average molecular weight is 508 g/mol. The molecule has 0 bridgehead atoms. The third kappa shape index (κ3) is 7.50. The largest absolute Gasteiger partial charge is 0.482 e. The van der Waals surface area contributed by atoms with Crippen LogP contribution >= 0.6 is 11.3 Å². The van der Waals surface area contributed by atoms with Crippen molar-refractivity contribution < 1.29 is 19.1 Å². The molecule has 0 aliphatic rings. The van der Waals surface area contributed by atoms with E-state index in [0.717, 1.165) is 28.2 Å². The Kier molecular flexibility index (Phi) is 10.2. The molecule has 1 heterocycles. The lowest BCUT2D eigenvalue weighted by atomic mass is 10.0. The molecule has 2 aromatic carbocycles. The van der Waals surface area contributed by atoms with E-state index in [-0.39, 0.29) is 12.4 Å². The number of unbranched alkanes of at least 4 members (excludes halogenated alkanes) is 1. The molecule has 6 heteroatoms. The number of benzene rings is 2. The summed E-state index contributed by atoms with van der Waals surface area (Å²) in [5.41, 5.74) is 5.04. The fourth-order valence-electron chi connectivity index (χ4n) is 4.01. The zero-order valence-corrected chi connectivity index (χ0v) is 22.9. The Labute approximate surface area is 218 Å². The molecule has 3 rings (SSSR count). The molecule has 5 nitrogen and oxygen atoms in total. The second-order valence-corrected chi connectivity index (χ2v) is 10.4. The van der Waals surface area contributed by atoms with E-state index in [1.54, 1.807) is 30.4 Å². The first-order valence-corrected chi connectivity index (χ1v) is 13.6. The highest BCUT2D eigenvalue weighted by molar-refractivity contribution is 7.15. The SMILES string of the molecule is CCCCc1ccc(-c2nc(C(C)C)c(CCC(=O)c3ccc(OCC(=O)OCC)c(C)c3)s2)cc1. The molecule has 0 atom stereocenters. The van der Waals surface area contributed by atoms with Gasteiger partial charge in [0.1, 0.15) is 10.8 Å². The maximum atomic E-state index is 13.0. The summed E-state index contributed by atoms with van der Waals surface area (Å²) in [5, 5.41) is 1.02. The number of carbonyl (C=O) groups excluding carboxylic acids is 2. The van der Waals surface area contributed by atoms with Crippen LogP contribution in [0.15, 0.2) is 42.5 Å². The summed E-state index contributed by atoms with van der Waals surface area (Å²) in [6.45, 7) is 10.3. The molecule has 3 aromatic rings. The summed E-state index contributed by atoms with van der Waals surface area (Å²) >= 11 is 1.69. The third-order valence-corrected chi connectivity index (χ3v) is 7.20. The van der Waals surface area contributed by atoms with E-state index in [4.69, 9.17) is 14.5 Å². The van der Waals surface area contributed by atoms with Crippen molar-refractivity contribution in [1.82, 2.24) is 4.98 Å². The van der Waals surface area contributed by atoms with Crippen molar-refractivity contribution in [2.75, 3.05) is 13.2 Å². The van der Waals surface area contributed by atoms with Gasteiger partial charge < -0.3 is 9.47 Å². The highest BCUT2D eigenvalue weighted by Crippen LogP contribution is 2.33. The highest BCUT2D eigenvalue weighted by Gasteiger charge is 2.17. The molecular weight excluding hydrogens is 470 g/mol. The number of aromatic nitrogens is 1. The van der Waals surface area contributed by atoms with Crippen molar-refractivity contribution in [3.63, 3.8) is 0 Å². The third-order valence-electron chi connectivity index (χ3n) is 6.02. The van der Waals surface area contributed by atoms with Crippen molar-refractivity contribution in [1.29, 1.82) is 0 Å². The molecule has 0 saturated heterocycles. The first-order valence-electron chi connectivity index (χ1n) is 12.8. The fourth-order valence-corrected chi connectivity index (χ4v) is 5.23. The molecule has 0 spiro atoms. The number of nitrogens with zero attached hydrogens (tertiary/aromatic N) is 1. The summed E-state index contributed by atoms with van der Waals surface area (Å²) in [4.78, 5) is 30.6. The van der Waals surface area contributed by atoms with Crippen LogP contribution in [0.2, 0.25) is 0 Å². The monoisotopic (exact) mass is 507 g/mol. The molecule has 0 unspecified atom stereocenters. The predicted molar refractivity (Wildman–Crippen MR) is 146 cm³/mol. The van der Waals surface area contributed by atoms with Gasteiger partial charge in [-0.2, -0.15) is 0 Å². The Morgan fingerprint density at radius 2 is 1.78 bits per heavy atom. The van der Waals surface area contributed by atoms with Gasteiger partial charge in [-0.15, -0.1) is 11.3 Å². The van der Waals surface area contributed by atoms with Crippen molar-refractivity contribution in [2.45, 2.75) is 72.6 Å². The number of thiazole rings is 1. The van der Waals surface area contributed by atoms with Crippen LogP contribution in [0.5, 0.6) is 5.75 Å². The van der Waals surface area contributed by atoms with Crippen molar-refractivity contribution in [3.8, 4) is 16.3 Å². The quantitative estimate of drug-likeness (QED) is 0.179. The lowest BCUT2D eigenvalue weighted by Gasteiger charge is -2.10. The fraction of sp³-hybridized carbons (Fsp3) is 0.433. The van der Waals surface area contributed by atoms with Gasteiger partial charge in [-0.25, -0.2) is 9.78 Å². The van der Waals surface area contributed by atoms with Crippen LogP contribution in [-0.2, 0) is 22.4 Å². The van der Waals surface area contributed by atoms with Crippen LogP contribution in [0, 0.1) is 6.92 Å². The Balaban J connectivity index is 1.66. The normalized spacial score (nSPS) is 11.1. The van der Waals surface area contributed by atoms with Crippen LogP contribution in [-0.4, -0.2) is 30.0 Å². The average Bonchev–Trinajstić information content (AvgIpc) is 3.30. The number of hydrogen-bond acceptors (Lipinski definition) is 6. The summed E-state index contributed by atoms with van der Waals surface area (Å²) in [6.07, 6.45) is 4.59. The van der Waals surface area contributed by atoms with Crippen molar-refractivity contribution in [3.05, 3.63) is 69.7 Å². The first kappa shape index (κ1) is 27.6. The molecule has 0 aliphatic carbocycles. The number of hydrogen-bond donors (Lipinski definition) is 0. The number of ketones is 1. The van der Waals surface area contributed by atoms with E-state index in [9.17, 15) is 9.59 Å². The van der Waals surface area contributed by atoms with E-state index in [1.807, 2.05) is 13.0 Å². The molecule has 0 saturated carbocycles. The van der Waals surface area contributed by atoms with Gasteiger partial charge in [0.05, 0.1) is 12.3 Å². The predicted octanol–water partition coefficient (Wildman–Crippen LogP) is 7.34.